The van der Waals surface area contributed by atoms with Crippen molar-refractivity contribution >= 4 is 6.03 Å². The molecule has 2 aromatic heterocycles. The van der Waals surface area contributed by atoms with Crippen LogP contribution in [0.2, 0.25) is 0 Å². The maximum Gasteiger partial charge on any atom is 0.317 e. The minimum absolute atomic E-state index is 0.0863. The Kier molecular flexibility index (Phi) is 5.09. The van der Waals surface area contributed by atoms with Gasteiger partial charge >= 0.3 is 6.03 Å². The van der Waals surface area contributed by atoms with Crippen molar-refractivity contribution in [2.24, 2.45) is 5.92 Å². The van der Waals surface area contributed by atoms with Crippen LogP contribution in [0.4, 0.5) is 4.79 Å². The quantitative estimate of drug-likeness (QED) is 0.870. The molecule has 0 aromatic carbocycles. The number of rotatable bonds is 5. The largest absolute Gasteiger partial charge is 0.339 e. The molecule has 0 saturated carbocycles. The molecule has 2 bridgehead atoms. The molecule has 4 rings (SSSR count). The second-order valence-corrected chi connectivity index (χ2v) is 8.07. The van der Waals surface area contributed by atoms with Crippen LogP contribution in [0.25, 0.3) is 11.4 Å². The van der Waals surface area contributed by atoms with E-state index in [9.17, 15) is 4.79 Å². The predicted molar refractivity (Wildman–Crippen MR) is 101 cm³/mol. The number of carbonyl (C=O) groups is 1. The summed E-state index contributed by atoms with van der Waals surface area (Å²) in [7, 11) is 0. The molecule has 3 atom stereocenters. The predicted octanol–water partition coefficient (Wildman–Crippen LogP) is 3.60. The van der Waals surface area contributed by atoms with Gasteiger partial charge in [0, 0.05) is 42.5 Å². The van der Waals surface area contributed by atoms with Crippen LogP contribution in [0, 0.1) is 5.92 Å². The molecule has 2 fully saturated rings. The van der Waals surface area contributed by atoms with E-state index < -0.39 is 0 Å². The monoisotopic (exact) mass is 369 g/mol. The number of aromatic nitrogens is 3. The molecule has 4 heterocycles. The Morgan fingerprint density at radius 3 is 2.78 bits per heavy atom. The van der Waals surface area contributed by atoms with E-state index >= 15 is 0 Å². The maximum atomic E-state index is 12.6. The van der Waals surface area contributed by atoms with E-state index in [1.807, 2.05) is 12.1 Å². The summed E-state index contributed by atoms with van der Waals surface area (Å²) in [6, 6.07) is 4.41. The number of hydrogen-bond donors (Lipinski definition) is 1. The van der Waals surface area contributed by atoms with Crippen LogP contribution in [0.3, 0.4) is 0 Å². The van der Waals surface area contributed by atoms with Gasteiger partial charge in [0.25, 0.3) is 0 Å². The first kappa shape index (κ1) is 17.9. The topological polar surface area (TPSA) is 84.2 Å². The second-order valence-electron chi connectivity index (χ2n) is 8.07. The summed E-state index contributed by atoms with van der Waals surface area (Å²) in [4.78, 5) is 23.4. The van der Waals surface area contributed by atoms with Gasteiger partial charge in [-0.15, -0.1) is 0 Å². The minimum atomic E-state index is 0.0863. The smallest absolute Gasteiger partial charge is 0.317 e. The fourth-order valence-corrected chi connectivity index (χ4v) is 4.28. The van der Waals surface area contributed by atoms with E-state index in [4.69, 9.17) is 4.52 Å². The zero-order chi connectivity index (χ0) is 18.8. The zero-order valence-corrected chi connectivity index (χ0v) is 16.0. The van der Waals surface area contributed by atoms with Crippen LogP contribution in [0.5, 0.6) is 0 Å². The number of amides is 2. The van der Waals surface area contributed by atoms with Crippen LogP contribution in [-0.2, 0) is 0 Å². The van der Waals surface area contributed by atoms with Crippen LogP contribution in [-0.4, -0.2) is 44.7 Å². The molecule has 0 spiro atoms. The van der Waals surface area contributed by atoms with Gasteiger partial charge in [-0.05, 0) is 50.2 Å². The third kappa shape index (κ3) is 3.82. The average Bonchev–Trinajstić information content (AvgIpc) is 3.25. The van der Waals surface area contributed by atoms with Crippen molar-refractivity contribution in [2.45, 2.75) is 64.0 Å². The number of nitrogens with one attached hydrogen (secondary N) is 1. The highest BCUT2D eigenvalue weighted by Crippen LogP contribution is 2.42. The van der Waals surface area contributed by atoms with Crippen molar-refractivity contribution in [3.05, 3.63) is 30.4 Å². The van der Waals surface area contributed by atoms with E-state index in [0.717, 1.165) is 44.2 Å². The van der Waals surface area contributed by atoms with Gasteiger partial charge in [-0.25, -0.2) is 4.79 Å². The van der Waals surface area contributed by atoms with E-state index in [1.165, 1.54) is 0 Å². The Bertz CT molecular complexity index is 762. The normalized spacial score (nSPS) is 24.4. The van der Waals surface area contributed by atoms with E-state index in [0.29, 0.717) is 17.6 Å². The molecule has 2 aliphatic heterocycles. The standard InChI is InChI=1S/C20H27N5O2/c1-13(2)7-9-22-20(26)25-16-5-6-17(25)11-15(10-16)19-23-18(24-27-19)14-4-3-8-21-12-14/h3-4,8,12-13,15-17H,5-7,9-11H2,1-2H3,(H,22,26)/t15?,16-,17+. The molecule has 27 heavy (non-hydrogen) atoms. The van der Waals surface area contributed by atoms with Crippen molar-refractivity contribution in [1.82, 2.24) is 25.3 Å². The first-order chi connectivity index (χ1) is 13.1. The molecule has 2 aromatic rings. The molecule has 2 aliphatic rings. The molecule has 1 unspecified atom stereocenters. The van der Waals surface area contributed by atoms with Gasteiger partial charge < -0.3 is 14.7 Å². The third-order valence-electron chi connectivity index (χ3n) is 5.68. The number of piperidine rings is 1. The van der Waals surface area contributed by atoms with E-state index in [1.54, 1.807) is 12.4 Å². The summed E-state index contributed by atoms with van der Waals surface area (Å²) < 4.78 is 5.56. The average molecular weight is 369 g/mol. The van der Waals surface area contributed by atoms with Crippen LogP contribution in [0.1, 0.15) is 57.8 Å². The summed E-state index contributed by atoms with van der Waals surface area (Å²) in [6.45, 7) is 5.09. The Morgan fingerprint density at radius 1 is 1.33 bits per heavy atom. The summed E-state index contributed by atoms with van der Waals surface area (Å²) in [5, 5.41) is 7.22. The fourth-order valence-electron chi connectivity index (χ4n) is 4.28. The van der Waals surface area contributed by atoms with Crippen molar-refractivity contribution in [2.75, 3.05) is 6.54 Å². The van der Waals surface area contributed by atoms with Crippen molar-refractivity contribution in [3.8, 4) is 11.4 Å². The summed E-state index contributed by atoms with van der Waals surface area (Å²) >= 11 is 0. The lowest BCUT2D eigenvalue weighted by Crippen LogP contribution is -2.50. The number of urea groups is 1. The van der Waals surface area contributed by atoms with E-state index in [-0.39, 0.29) is 24.0 Å². The Balaban J connectivity index is 1.40. The van der Waals surface area contributed by atoms with Gasteiger partial charge in [0.1, 0.15) is 0 Å². The Labute approximate surface area is 159 Å². The first-order valence-electron chi connectivity index (χ1n) is 9.92. The summed E-state index contributed by atoms with van der Waals surface area (Å²) in [5.41, 5.74) is 0.859. The highest BCUT2D eigenvalue weighted by Gasteiger charge is 2.45. The summed E-state index contributed by atoms with van der Waals surface area (Å²) in [6.07, 6.45) is 8.37. The number of fused-ring (bicyclic) bond motifs is 2. The molecule has 7 heteroatoms. The van der Waals surface area contributed by atoms with Crippen LogP contribution < -0.4 is 5.32 Å². The Hall–Kier alpha value is -2.44. The highest BCUT2D eigenvalue weighted by atomic mass is 16.5. The number of pyridine rings is 1. The highest BCUT2D eigenvalue weighted by molar-refractivity contribution is 5.75. The van der Waals surface area contributed by atoms with Gasteiger partial charge in [-0.2, -0.15) is 4.98 Å². The minimum Gasteiger partial charge on any atom is -0.339 e. The third-order valence-corrected chi connectivity index (χ3v) is 5.68. The molecule has 7 nitrogen and oxygen atoms in total. The van der Waals surface area contributed by atoms with Crippen LogP contribution >= 0.6 is 0 Å². The SMILES string of the molecule is CC(C)CCNC(=O)N1[C@@H]2CC[C@H]1CC(c1nc(-c3cccnc3)no1)C2. The lowest BCUT2D eigenvalue weighted by atomic mass is 9.91. The van der Waals surface area contributed by atoms with Gasteiger partial charge in [-0.3, -0.25) is 4.98 Å². The van der Waals surface area contributed by atoms with Crippen molar-refractivity contribution < 1.29 is 9.32 Å². The molecule has 0 aliphatic carbocycles. The molecule has 1 N–H and O–H groups in total. The number of nitrogens with zero attached hydrogens (tertiary/aromatic N) is 4. The van der Waals surface area contributed by atoms with Gasteiger partial charge in [0.15, 0.2) is 0 Å². The number of hydrogen-bond acceptors (Lipinski definition) is 5. The first-order valence-corrected chi connectivity index (χ1v) is 9.92. The van der Waals surface area contributed by atoms with E-state index in [2.05, 4.69) is 39.2 Å². The van der Waals surface area contributed by atoms with Gasteiger partial charge in [-0.1, -0.05) is 19.0 Å². The lowest BCUT2D eigenvalue weighted by molar-refractivity contribution is 0.130. The molecular formula is C20H27N5O2. The van der Waals surface area contributed by atoms with Gasteiger partial charge in [0.05, 0.1) is 0 Å². The molecule has 2 saturated heterocycles. The molecule has 2 amide bonds. The Morgan fingerprint density at radius 2 is 2.11 bits per heavy atom. The molecule has 144 valence electrons. The number of carbonyl (C=O) groups excluding carboxylic acids is 1. The lowest BCUT2D eigenvalue weighted by Gasteiger charge is -2.37. The van der Waals surface area contributed by atoms with Crippen LogP contribution in [0.15, 0.2) is 29.0 Å². The maximum absolute atomic E-state index is 12.6. The second kappa shape index (κ2) is 7.66. The summed E-state index contributed by atoms with van der Waals surface area (Å²) in [5.74, 6) is 2.09. The van der Waals surface area contributed by atoms with Gasteiger partial charge in [0.2, 0.25) is 11.7 Å². The van der Waals surface area contributed by atoms with Crippen molar-refractivity contribution in [1.29, 1.82) is 0 Å². The zero-order valence-electron chi connectivity index (χ0n) is 16.0. The molecule has 0 radical (unpaired) electrons. The van der Waals surface area contributed by atoms with Crippen molar-refractivity contribution in [3.63, 3.8) is 0 Å². The fraction of sp³-hybridized carbons (Fsp3) is 0.600. The molecular weight excluding hydrogens is 342 g/mol.